The van der Waals surface area contributed by atoms with Crippen molar-refractivity contribution in [1.82, 2.24) is 0 Å². The van der Waals surface area contributed by atoms with Gasteiger partial charge in [-0.15, -0.1) is 0 Å². The minimum absolute atomic E-state index is 0.00138. The molecule has 0 saturated carbocycles. The first-order chi connectivity index (χ1) is 15.6. The molecule has 0 spiro atoms. The minimum atomic E-state index is -4.07. The van der Waals surface area contributed by atoms with Gasteiger partial charge in [-0.2, -0.15) is 13.7 Å². The van der Waals surface area contributed by atoms with Crippen molar-refractivity contribution in [3.05, 3.63) is 90.8 Å². The molecule has 6 nitrogen and oxygen atoms in total. The van der Waals surface area contributed by atoms with E-state index < -0.39 is 16.0 Å². The first-order valence-electron chi connectivity index (χ1n) is 8.97. The Morgan fingerprint density at radius 3 is 2.21 bits per heavy atom. The second kappa shape index (κ2) is 10.7. The highest BCUT2D eigenvalue weighted by atomic mass is 79.9. The van der Waals surface area contributed by atoms with Crippen molar-refractivity contribution in [2.24, 2.45) is 0 Å². The quantitative estimate of drug-likeness (QED) is 0.183. The number of nitrogens with zero attached hydrogens (tertiary/aromatic N) is 1. The van der Waals surface area contributed by atoms with Crippen molar-refractivity contribution >= 4 is 82.9 Å². The highest BCUT2D eigenvalue weighted by Crippen LogP contribution is 2.37. The van der Waals surface area contributed by atoms with Crippen LogP contribution in [0.15, 0.2) is 80.1 Å². The summed E-state index contributed by atoms with van der Waals surface area (Å²) in [4.78, 5) is 12.5. The van der Waals surface area contributed by atoms with Gasteiger partial charge in [0, 0.05) is 5.69 Å². The molecule has 168 valence electrons. The summed E-state index contributed by atoms with van der Waals surface area (Å²) >= 11 is 18.4. The average Bonchev–Trinajstić information content (AvgIpc) is 2.77. The second-order valence-electron chi connectivity index (χ2n) is 6.42. The summed E-state index contributed by atoms with van der Waals surface area (Å²) in [6.45, 7) is 0. The molecule has 0 atom stereocenters. The first-order valence-corrected chi connectivity index (χ1v) is 12.7. The Kier molecular flexibility index (Phi) is 8.21. The summed E-state index contributed by atoms with van der Waals surface area (Å²) in [6.07, 6.45) is 1.35. The number of anilines is 1. The van der Waals surface area contributed by atoms with Crippen molar-refractivity contribution in [1.29, 1.82) is 5.26 Å². The maximum atomic E-state index is 12.5. The molecule has 0 fully saturated rings. The van der Waals surface area contributed by atoms with Gasteiger partial charge in [0.05, 0.1) is 19.0 Å². The molecular weight excluding hydrogens is 619 g/mol. The largest absolute Gasteiger partial charge is 0.377 e. The van der Waals surface area contributed by atoms with Crippen LogP contribution in [0.1, 0.15) is 5.56 Å². The van der Waals surface area contributed by atoms with Gasteiger partial charge in [-0.1, -0.05) is 41.4 Å². The van der Waals surface area contributed by atoms with E-state index in [0.717, 1.165) is 0 Å². The molecule has 0 heterocycles. The van der Waals surface area contributed by atoms with Crippen LogP contribution in [0, 0.1) is 11.3 Å². The third-order valence-corrected chi connectivity index (χ3v) is 7.25. The van der Waals surface area contributed by atoms with Crippen LogP contribution in [0.4, 0.5) is 5.69 Å². The highest BCUT2D eigenvalue weighted by molar-refractivity contribution is 9.11. The maximum Gasteiger partial charge on any atom is 0.339 e. The van der Waals surface area contributed by atoms with Crippen LogP contribution in [-0.4, -0.2) is 14.3 Å². The molecule has 0 saturated heterocycles. The van der Waals surface area contributed by atoms with Crippen LogP contribution in [0.25, 0.3) is 6.08 Å². The molecule has 0 bridgehead atoms. The topological polar surface area (TPSA) is 96.3 Å². The van der Waals surface area contributed by atoms with Gasteiger partial charge in [0.25, 0.3) is 5.91 Å². The average molecular weight is 631 g/mol. The number of rotatable bonds is 6. The van der Waals surface area contributed by atoms with Gasteiger partial charge in [-0.25, -0.2) is 0 Å². The Balaban J connectivity index is 1.86. The minimum Gasteiger partial charge on any atom is -0.377 e. The van der Waals surface area contributed by atoms with Crippen LogP contribution in [-0.2, 0) is 14.9 Å². The molecule has 3 aromatic carbocycles. The Hall–Kier alpha value is -2.35. The number of hydrogen-bond donors (Lipinski definition) is 1. The number of carbonyl (C=O) groups is 1. The smallest absolute Gasteiger partial charge is 0.339 e. The van der Waals surface area contributed by atoms with Crippen molar-refractivity contribution in [2.75, 3.05) is 5.32 Å². The Morgan fingerprint density at radius 2 is 1.64 bits per heavy atom. The third-order valence-electron chi connectivity index (χ3n) is 4.10. The summed E-state index contributed by atoms with van der Waals surface area (Å²) in [5.74, 6) is -0.634. The van der Waals surface area contributed by atoms with Crippen LogP contribution in [0.2, 0.25) is 10.0 Å². The number of nitrogens with one attached hydrogen (secondary N) is 1. The molecule has 0 aliphatic rings. The molecule has 0 unspecified atom stereocenters. The van der Waals surface area contributed by atoms with Gasteiger partial charge in [0.15, 0.2) is 5.75 Å². The van der Waals surface area contributed by atoms with Gasteiger partial charge in [-0.05, 0) is 86.0 Å². The number of halogens is 4. The lowest BCUT2D eigenvalue weighted by Crippen LogP contribution is -2.13. The fourth-order valence-corrected chi connectivity index (χ4v) is 5.46. The lowest BCUT2D eigenvalue weighted by Gasteiger charge is -2.11. The van der Waals surface area contributed by atoms with Gasteiger partial charge in [0.1, 0.15) is 16.5 Å². The summed E-state index contributed by atoms with van der Waals surface area (Å²) in [5.41, 5.74) is 0.622. The zero-order chi connectivity index (χ0) is 24.2. The van der Waals surface area contributed by atoms with Gasteiger partial charge in [-0.3, -0.25) is 4.79 Å². The van der Waals surface area contributed by atoms with Crippen molar-refractivity contribution in [3.8, 4) is 11.8 Å². The van der Waals surface area contributed by atoms with Gasteiger partial charge in [0.2, 0.25) is 0 Å². The zero-order valence-electron chi connectivity index (χ0n) is 16.4. The van der Waals surface area contributed by atoms with E-state index in [4.69, 9.17) is 27.4 Å². The number of amides is 1. The van der Waals surface area contributed by atoms with E-state index in [1.54, 1.807) is 24.3 Å². The molecule has 0 aliphatic heterocycles. The molecule has 0 radical (unpaired) electrons. The molecule has 3 aromatic rings. The Morgan fingerprint density at radius 1 is 1.00 bits per heavy atom. The number of benzene rings is 3. The molecule has 0 aromatic heterocycles. The van der Waals surface area contributed by atoms with E-state index in [9.17, 15) is 18.5 Å². The number of hydrogen-bond acceptors (Lipinski definition) is 5. The predicted molar refractivity (Wildman–Crippen MR) is 135 cm³/mol. The Labute approximate surface area is 217 Å². The fraction of sp³-hybridized carbons (Fsp3) is 0. The molecular formula is C22H12Br2Cl2N2O4S. The monoisotopic (exact) mass is 628 g/mol. The fourth-order valence-electron chi connectivity index (χ4n) is 2.57. The number of carbonyl (C=O) groups excluding carboxylic acids is 1. The van der Waals surface area contributed by atoms with Crippen LogP contribution in [0.3, 0.4) is 0 Å². The third kappa shape index (κ3) is 6.37. The second-order valence-corrected chi connectivity index (χ2v) is 10.5. The highest BCUT2D eigenvalue weighted by Gasteiger charge is 2.20. The molecule has 11 heteroatoms. The van der Waals surface area contributed by atoms with Crippen molar-refractivity contribution in [3.63, 3.8) is 0 Å². The lowest BCUT2D eigenvalue weighted by molar-refractivity contribution is -0.112. The molecule has 3 rings (SSSR count). The normalized spacial score (nSPS) is 11.5. The lowest BCUT2D eigenvalue weighted by atomic mass is 10.1. The molecule has 0 aliphatic carbocycles. The first kappa shape index (κ1) is 25.3. The van der Waals surface area contributed by atoms with Gasteiger partial charge < -0.3 is 9.50 Å². The van der Waals surface area contributed by atoms with E-state index in [0.29, 0.717) is 25.2 Å². The maximum absolute atomic E-state index is 12.5. The van der Waals surface area contributed by atoms with Crippen LogP contribution >= 0.6 is 55.1 Å². The van der Waals surface area contributed by atoms with E-state index in [1.165, 1.54) is 42.5 Å². The van der Waals surface area contributed by atoms with E-state index in [2.05, 4.69) is 37.2 Å². The standard InChI is InChI=1S/C22H12Br2Cl2N2O4S/c23-17-9-13(8-14(12-27)22(29)28-15-6-7-19(25)20(26)11-15)10-18(24)21(17)32-33(30,31)16-4-2-1-3-5-16/h1-11H,(H,28,29)/b14-8+. The van der Waals surface area contributed by atoms with Crippen molar-refractivity contribution in [2.45, 2.75) is 4.90 Å². The predicted octanol–water partition coefficient (Wildman–Crippen LogP) is 6.83. The van der Waals surface area contributed by atoms with Crippen LogP contribution in [0.5, 0.6) is 5.75 Å². The van der Waals surface area contributed by atoms with Crippen LogP contribution < -0.4 is 9.50 Å². The molecule has 1 amide bonds. The summed E-state index contributed by atoms with van der Waals surface area (Å²) in [5, 5.41) is 12.6. The van der Waals surface area contributed by atoms with E-state index in [-0.39, 0.29) is 21.2 Å². The van der Waals surface area contributed by atoms with E-state index >= 15 is 0 Å². The van der Waals surface area contributed by atoms with E-state index in [1.807, 2.05) is 6.07 Å². The molecule has 33 heavy (non-hydrogen) atoms. The molecule has 1 N–H and O–H groups in total. The van der Waals surface area contributed by atoms with Gasteiger partial charge >= 0.3 is 10.1 Å². The Bertz CT molecular complexity index is 1380. The zero-order valence-corrected chi connectivity index (χ0v) is 21.9. The number of nitriles is 1. The SMILES string of the molecule is N#C/C(=C\c1cc(Br)c(OS(=O)(=O)c2ccccc2)c(Br)c1)C(=O)Nc1ccc(Cl)c(Cl)c1. The summed E-state index contributed by atoms with van der Waals surface area (Å²) < 4.78 is 30.9. The summed E-state index contributed by atoms with van der Waals surface area (Å²) in [6, 6.07) is 17.1. The summed E-state index contributed by atoms with van der Waals surface area (Å²) in [7, 11) is -4.07. The van der Waals surface area contributed by atoms with Crippen molar-refractivity contribution < 1.29 is 17.4 Å².